The Bertz CT molecular complexity index is 1130. The predicted molar refractivity (Wildman–Crippen MR) is 103 cm³/mol. The molecule has 0 N–H and O–H groups in total. The van der Waals surface area contributed by atoms with Crippen molar-refractivity contribution in [2.24, 2.45) is 0 Å². The van der Waals surface area contributed by atoms with Crippen LogP contribution in [0.4, 0.5) is 13.2 Å². The van der Waals surface area contributed by atoms with E-state index in [0.717, 1.165) is 5.56 Å². The van der Waals surface area contributed by atoms with Crippen LogP contribution in [-0.2, 0) is 17.5 Å². The topological polar surface area (TPSA) is 81.4 Å². The van der Waals surface area contributed by atoms with Crippen molar-refractivity contribution in [3.8, 4) is 23.4 Å². The number of aromatic nitrogens is 1. The quantitative estimate of drug-likeness (QED) is 0.507. The van der Waals surface area contributed by atoms with E-state index in [2.05, 4.69) is 9.72 Å². The summed E-state index contributed by atoms with van der Waals surface area (Å²) in [5.41, 5.74) is -0.850. The number of benzene rings is 2. The van der Waals surface area contributed by atoms with Gasteiger partial charge in [0.2, 0.25) is 0 Å². The highest BCUT2D eigenvalue weighted by Gasteiger charge is 2.35. The highest BCUT2D eigenvalue weighted by atomic mass is 19.4. The second-order valence-corrected chi connectivity index (χ2v) is 6.19. The molecule has 6 nitrogen and oxygen atoms in total. The zero-order valence-corrected chi connectivity index (χ0v) is 16.1. The molecule has 0 aliphatic carbocycles. The Balaban J connectivity index is 2.03. The first kappa shape index (κ1) is 21.6. The molecule has 9 heteroatoms. The van der Waals surface area contributed by atoms with Crippen LogP contribution in [0.1, 0.15) is 27.2 Å². The molecule has 0 aliphatic rings. The zero-order valence-electron chi connectivity index (χ0n) is 16.1. The lowest BCUT2D eigenvalue weighted by molar-refractivity contribution is -0.141. The second kappa shape index (κ2) is 9.17. The molecule has 0 atom stereocenters. The Labute approximate surface area is 175 Å². The number of carbonyl (C=O) groups is 1. The first-order chi connectivity index (χ1) is 14.8. The lowest BCUT2D eigenvalue weighted by atomic mass is 10.2. The van der Waals surface area contributed by atoms with E-state index in [1.807, 2.05) is 0 Å². The largest absolute Gasteiger partial charge is 0.482 e. The SMILES string of the molecule is COC(=O)c1cccc(Oc2nc(C(F)(F)F)cc(C#N)c2OCc2ccccc2)c1. The molecule has 2 aromatic carbocycles. The van der Waals surface area contributed by atoms with Gasteiger partial charge in [0.1, 0.15) is 29.7 Å². The van der Waals surface area contributed by atoms with Crippen molar-refractivity contribution < 1.29 is 32.2 Å². The van der Waals surface area contributed by atoms with Gasteiger partial charge in [-0.1, -0.05) is 36.4 Å². The third-order valence-corrected chi connectivity index (χ3v) is 4.05. The maximum atomic E-state index is 13.3. The summed E-state index contributed by atoms with van der Waals surface area (Å²) >= 11 is 0. The summed E-state index contributed by atoms with van der Waals surface area (Å²) in [6, 6.07) is 16.7. The molecule has 0 radical (unpaired) electrons. The van der Waals surface area contributed by atoms with Gasteiger partial charge in [0.15, 0.2) is 5.75 Å². The fourth-order valence-electron chi connectivity index (χ4n) is 2.59. The third-order valence-electron chi connectivity index (χ3n) is 4.05. The first-order valence-corrected chi connectivity index (χ1v) is 8.87. The molecule has 3 aromatic rings. The fraction of sp³-hybridized carbons (Fsp3) is 0.136. The lowest BCUT2D eigenvalue weighted by Gasteiger charge is -2.16. The van der Waals surface area contributed by atoms with Crippen molar-refractivity contribution in [3.63, 3.8) is 0 Å². The number of nitrogens with zero attached hydrogens (tertiary/aromatic N) is 2. The Morgan fingerprint density at radius 1 is 1.10 bits per heavy atom. The normalized spacial score (nSPS) is 10.8. The standard InChI is InChI=1S/C22H15F3N2O4/c1-29-21(28)15-8-5-9-17(10-15)31-20-19(30-13-14-6-3-2-4-7-14)16(12-26)11-18(27-20)22(23,24)25/h2-11H,13H2,1H3. The fourth-order valence-corrected chi connectivity index (χ4v) is 2.59. The summed E-state index contributed by atoms with van der Waals surface area (Å²) in [7, 11) is 1.19. The van der Waals surface area contributed by atoms with Crippen LogP contribution < -0.4 is 9.47 Å². The van der Waals surface area contributed by atoms with E-state index in [9.17, 15) is 23.2 Å². The first-order valence-electron chi connectivity index (χ1n) is 8.87. The van der Waals surface area contributed by atoms with Gasteiger partial charge in [-0.2, -0.15) is 18.4 Å². The van der Waals surface area contributed by atoms with Gasteiger partial charge >= 0.3 is 12.1 Å². The minimum atomic E-state index is -4.81. The number of pyridine rings is 1. The van der Waals surface area contributed by atoms with Crippen molar-refractivity contribution in [1.82, 2.24) is 4.98 Å². The molecule has 1 heterocycles. The zero-order chi connectivity index (χ0) is 22.4. The minimum Gasteiger partial charge on any atom is -0.482 e. The van der Waals surface area contributed by atoms with Crippen LogP contribution in [0.2, 0.25) is 0 Å². The van der Waals surface area contributed by atoms with Gasteiger partial charge in [-0.25, -0.2) is 9.78 Å². The van der Waals surface area contributed by atoms with E-state index < -0.39 is 29.3 Å². The van der Waals surface area contributed by atoms with Gasteiger partial charge in [0, 0.05) is 0 Å². The number of methoxy groups -OCH3 is 1. The van der Waals surface area contributed by atoms with Crippen LogP contribution in [0.3, 0.4) is 0 Å². The van der Waals surface area contributed by atoms with Crippen LogP contribution in [0.15, 0.2) is 60.7 Å². The highest BCUT2D eigenvalue weighted by Crippen LogP contribution is 2.38. The highest BCUT2D eigenvalue weighted by molar-refractivity contribution is 5.89. The molecule has 0 spiro atoms. The van der Waals surface area contributed by atoms with Crippen molar-refractivity contribution in [3.05, 3.63) is 83.0 Å². The average molecular weight is 428 g/mol. The van der Waals surface area contributed by atoms with Crippen LogP contribution in [0.5, 0.6) is 17.4 Å². The van der Waals surface area contributed by atoms with Gasteiger partial charge in [-0.15, -0.1) is 0 Å². The summed E-state index contributed by atoms with van der Waals surface area (Å²) in [5.74, 6) is -1.43. The molecule has 3 rings (SSSR count). The molecule has 0 aliphatic heterocycles. The van der Waals surface area contributed by atoms with Crippen LogP contribution >= 0.6 is 0 Å². The molecule has 158 valence electrons. The van der Waals surface area contributed by atoms with Crippen LogP contribution in [-0.4, -0.2) is 18.1 Å². The third kappa shape index (κ3) is 5.30. The summed E-state index contributed by atoms with van der Waals surface area (Å²) < 4.78 is 55.6. The molecule has 0 amide bonds. The molecular weight excluding hydrogens is 413 g/mol. The lowest BCUT2D eigenvalue weighted by Crippen LogP contribution is -2.11. The smallest absolute Gasteiger partial charge is 0.433 e. The Morgan fingerprint density at radius 2 is 1.84 bits per heavy atom. The van der Waals surface area contributed by atoms with Crippen molar-refractivity contribution >= 4 is 5.97 Å². The summed E-state index contributed by atoms with van der Waals surface area (Å²) in [6.07, 6.45) is -4.81. The number of esters is 1. The average Bonchev–Trinajstić information content (AvgIpc) is 2.77. The van der Waals surface area contributed by atoms with E-state index in [1.165, 1.54) is 31.4 Å². The molecule has 1 aromatic heterocycles. The number of nitriles is 1. The number of hydrogen-bond donors (Lipinski definition) is 0. The number of halogens is 3. The number of alkyl halides is 3. The summed E-state index contributed by atoms with van der Waals surface area (Å²) in [6.45, 7) is -0.0267. The molecule has 0 saturated carbocycles. The summed E-state index contributed by atoms with van der Waals surface area (Å²) in [5, 5.41) is 9.40. The molecule has 0 unspecified atom stereocenters. The predicted octanol–water partition coefficient (Wildman–Crippen LogP) is 5.13. The Morgan fingerprint density at radius 3 is 2.48 bits per heavy atom. The van der Waals surface area contributed by atoms with Gasteiger partial charge < -0.3 is 14.2 Å². The molecule has 0 fully saturated rings. The van der Waals surface area contributed by atoms with Gasteiger partial charge in [-0.3, -0.25) is 0 Å². The second-order valence-electron chi connectivity index (χ2n) is 6.19. The molecule has 0 bridgehead atoms. The molecular formula is C22H15F3N2O4. The minimum absolute atomic E-state index is 0.0168. The summed E-state index contributed by atoms with van der Waals surface area (Å²) in [4.78, 5) is 15.2. The van der Waals surface area contributed by atoms with Crippen molar-refractivity contribution in [2.75, 3.05) is 7.11 Å². The molecule has 31 heavy (non-hydrogen) atoms. The number of ether oxygens (including phenoxy) is 3. The van der Waals surface area contributed by atoms with Crippen LogP contribution in [0, 0.1) is 11.3 Å². The number of hydrogen-bond acceptors (Lipinski definition) is 6. The Kier molecular flexibility index (Phi) is 6.40. The maximum Gasteiger partial charge on any atom is 0.433 e. The van der Waals surface area contributed by atoms with E-state index in [-0.39, 0.29) is 23.7 Å². The van der Waals surface area contributed by atoms with E-state index >= 15 is 0 Å². The van der Waals surface area contributed by atoms with E-state index in [0.29, 0.717) is 6.07 Å². The van der Waals surface area contributed by atoms with Crippen molar-refractivity contribution in [2.45, 2.75) is 12.8 Å². The van der Waals surface area contributed by atoms with Crippen LogP contribution in [0.25, 0.3) is 0 Å². The maximum absolute atomic E-state index is 13.3. The van der Waals surface area contributed by atoms with Gasteiger partial charge in [0.25, 0.3) is 5.88 Å². The monoisotopic (exact) mass is 428 g/mol. The number of carbonyl (C=O) groups excluding carboxylic acids is 1. The molecule has 0 saturated heterocycles. The van der Waals surface area contributed by atoms with Gasteiger partial charge in [0.05, 0.1) is 12.7 Å². The van der Waals surface area contributed by atoms with E-state index in [1.54, 1.807) is 36.4 Å². The van der Waals surface area contributed by atoms with E-state index in [4.69, 9.17) is 9.47 Å². The van der Waals surface area contributed by atoms with Crippen molar-refractivity contribution in [1.29, 1.82) is 5.26 Å². The van der Waals surface area contributed by atoms with Gasteiger partial charge in [-0.05, 0) is 29.8 Å². The Hall–Kier alpha value is -4.06. The number of rotatable bonds is 6.